The quantitative estimate of drug-likeness (QED) is 0.800. The van der Waals surface area contributed by atoms with Crippen LogP contribution in [0.3, 0.4) is 0 Å². The minimum atomic E-state index is -0.127. The molecule has 0 aliphatic carbocycles. The molecule has 0 radical (unpaired) electrons. The number of rotatable bonds is 3. The second kappa shape index (κ2) is 5.30. The van der Waals surface area contributed by atoms with Gasteiger partial charge in [0.2, 0.25) is 0 Å². The molecule has 0 spiro atoms. The van der Waals surface area contributed by atoms with Crippen molar-refractivity contribution in [2.45, 2.75) is 0 Å². The van der Waals surface area contributed by atoms with Crippen molar-refractivity contribution in [3.05, 3.63) is 58.9 Å². The number of carbonyl (C=O) groups is 1. The van der Waals surface area contributed by atoms with Crippen LogP contribution in [0.2, 0.25) is 0 Å². The fourth-order valence-electron chi connectivity index (χ4n) is 1.98. The SMILES string of the molecule is Cn1ccc(NC(=O)c2sccc2-c2ccccc2)n1. The molecule has 2 heterocycles. The number of thiophene rings is 1. The van der Waals surface area contributed by atoms with Gasteiger partial charge in [-0.25, -0.2) is 0 Å². The molecule has 3 rings (SSSR count). The van der Waals surface area contributed by atoms with Crippen molar-refractivity contribution in [3.8, 4) is 11.1 Å². The first-order chi connectivity index (χ1) is 9.74. The lowest BCUT2D eigenvalue weighted by atomic mass is 10.1. The molecule has 5 heteroatoms. The van der Waals surface area contributed by atoms with Crippen LogP contribution in [0.1, 0.15) is 9.67 Å². The summed E-state index contributed by atoms with van der Waals surface area (Å²) in [7, 11) is 1.82. The molecule has 2 aromatic heterocycles. The molecule has 0 aliphatic rings. The van der Waals surface area contributed by atoms with Crippen LogP contribution in [0, 0.1) is 0 Å². The van der Waals surface area contributed by atoms with E-state index in [0.29, 0.717) is 10.7 Å². The number of aryl methyl sites for hydroxylation is 1. The van der Waals surface area contributed by atoms with Gasteiger partial charge in [0.15, 0.2) is 5.82 Å². The van der Waals surface area contributed by atoms with Crippen LogP contribution >= 0.6 is 11.3 Å². The summed E-state index contributed by atoms with van der Waals surface area (Å²) in [5.74, 6) is 0.433. The first-order valence-electron chi connectivity index (χ1n) is 6.18. The van der Waals surface area contributed by atoms with Gasteiger partial charge in [-0.15, -0.1) is 11.3 Å². The van der Waals surface area contributed by atoms with Gasteiger partial charge in [0.05, 0.1) is 0 Å². The number of hydrogen-bond acceptors (Lipinski definition) is 3. The normalized spacial score (nSPS) is 10.4. The molecule has 20 heavy (non-hydrogen) atoms. The van der Waals surface area contributed by atoms with E-state index in [9.17, 15) is 4.79 Å². The molecule has 0 saturated heterocycles. The second-order valence-electron chi connectivity index (χ2n) is 4.36. The van der Waals surface area contributed by atoms with Gasteiger partial charge in [-0.05, 0) is 17.0 Å². The Hall–Kier alpha value is -2.40. The van der Waals surface area contributed by atoms with E-state index >= 15 is 0 Å². The van der Waals surface area contributed by atoms with Gasteiger partial charge in [-0.3, -0.25) is 9.48 Å². The van der Waals surface area contributed by atoms with Crippen molar-refractivity contribution in [2.24, 2.45) is 7.05 Å². The smallest absolute Gasteiger partial charge is 0.267 e. The lowest BCUT2D eigenvalue weighted by Gasteiger charge is -2.04. The summed E-state index contributed by atoms with van der Waals surface area (Å²) in [6.07, 6.45) is 1.79. The molecule has 4 nitrogen and oxygen atoms in total. The van der Waals surface area contributed by atoms with Gasteiger partial charge in [-0.1, -0.05) is 30.3 Å². The highest BCUT2D eigenvalue weighted by Gasteiger charge is 2.15. The molecule has 1 amide bonds. The fraction of sp³-hybridized carbons (Fsp3) is 0.0667. The van der Waals surface area contributed by atoms with Crippen LogP contribution < -0.4 is 5.32 Å². The molecule has 3 aromatic rings. The van der Waals surface area contributed by atoms with Gasteiger partial charge < -0.3 is 5.32 Å². The van der Waals surface area contributed by atoms with Gasteiger partial charge >= 0.3 is 0 Å². The zero-order valence-electron chi connectivity index (χ0n) is 10.9. The third-order valence-electron chi connectivity index (χ3n) is 2.91. The number of amides is 1. The summed E-state index contributed by atoms with van der Waals surface area (Å²) < 4.78 is 1.65. The summed E-state index contributed by atoms with van der Waals surface area (Å²) in [6.45, 7) is 0. The lowest BCUT2D eigenvalue weighted by Crippen LogP contribution is -2.11. The molecule has 1 aromatic carbocycles. The van der Waals surface area contributed by atoms with Crippen molar-refractivity contribution in [1.82, 2.24) is 9.78 Å². The molecule has 0 saturated carbocycles. The molecular formula is C15H13N3OS. The summed E-state index contributed by atoms with van der Waals surface area (Å²) in [4.78, 5) is 13.0. The molecule has 100 valence electrons. The molecule has 0 unspecified atom stereocenters. The summed E-state index contributed by atoms with van der Waals surface area (Å²) >= 11 is 1.43. The van der Waals surface area contributed by atoms with Crippen LogP contribution in [0.5, 0.6) is 0 Å². The van der Waals surface area contributed by atoms with E-state index in [1.807, 2.05) is 48.8 Å². The van der Waals surface area contributed by atoms with E-state index in [2.05, 4.69) is 10.4 Å². The van der Waals surface area contributed by atoms with Crippen LogP contribution in [-0.4, -0.2) is 15.7 Å². The molecule has 0 atom stereocenters. The third-order valence-corrected chi connectivity index (χ3v) is 3.82. The van der Waals surface area contributed by atoms with Crippen molar-refractivity contribution in [2.75, 3.05) is 5.32 Å². The van der Waals surface area contributed by atoms with Gasteiger partial charge in [0, 0.05) is 24.9 Å². The topological polar surface area (TPSA) is 46.9 Å². The highest BCUT2D eigenvalue weighted by atomic mass is 32.1. The monoisotopic (exact) mass is 283 g/mol. The Morgan fingerprint density at radius 2 is 2.00 bits per heavy atom. The number of aromatic nitrogens is 2. The Balaban J connectivity index is 1.88. The Morgan fingerprint density at radius 1 is 1.20 bits per heavy atom. The maximum atomic E-state index is 12.3. The number of hydrogen-bond donors (Lipinski definition) is 1. The largest absolute Gasteiger partial charge is 0.304 e. The fourth-order valence-corrected chi connectivity index (χ4v) is 2.80. The lowest BCUT2D eigenvalue weighted by molar-refractivity contribution is 0.103. The average Bonchev–Trinajstić information content (AvgIpc) is 3.09. The van der Waals surface area contributed by atoms with Gasteiger partial charge in [0.1, 0.15) is 4.88 Å². The van der Waals surface area contributed by atoms with E-state index < -0.39 is 0 Å². The van der Waals surface area contributed by atoms with E-state index in [0.717, 1.165) is 11.1 Å². The first kappa shape index (κ1) is 12.6. The Labute approximate surface area is 120 Å². The van der Waals surface area contributed by atoms with Crippen molar-refractivity contribution < 1.29 is 4.79 Å². The standard InChI is InChI=1S/C15H13N3OS/c1-18-9-7-13(17-18)16-15(19)14-12(8-10-20-14)11-5-3-2-4-6-11/h2-10H,1H3,(H,16,17,19). The van der Waals surface area contributed by atoms with Gasteiger partial charge in [-0.2, -0.15) is 5.10 Å². The molecule has 0 bridgehead atoms. The number of nitrogens with zero attached hydrogens (tertiary/aromatic N) is 2. The Morgan fingerprint density at radius 3 is 2.70 bits per heavy atom. The molecular weight excluding hydrogens is 270 g/mol. The maximum absolute atomic E-state index is 12.3. The van der Waals surface area contributed by atoms with Crippen molar-refractivity contribution in [3.63, 3.8) is 0 Å². The predicted molar refractivity (Wildman–Crippen MR) is 80.9 cm³/mol. The highest BCUT2D eigenvalue weighted by molar-refractivity contribution is 7.12. The van der Waals surface area contributed by atoms with E-state index in [4.69, 9.17) is 0 Å². The zero-order chi connectivity index (χ0) is 13.9. The zero-order valence-corrected chi connectivity index (χ0v) is 11.7. The third kappa shape index (κ3) is 2.48. The average molecular weight is 283 g/mol. The molecule has 1 N–H and O–H groups in total. The number of carbonyl (C=O) groups excluding carboxylic acids is 1. The van der Waals surface area contributed by atoms with Crippen molar-refractivity contribution >= 4 is 23.1 Å². The Kier molecular flexibility index (Phi) is 3.35. The number of nitrogens with one attached hydrogen (secondary N) is 1. The van der Waals surface area contributed by atoms with Crippen LogP contribution in [0.25, 0.3) is 11.1 Å². The minimum Gasteiger partial charge on any atom is -0.304 e. The molecule has 0 aliphatic heterocycles. The van der Waals surface area contributed by atoms with Crippen LogP contribution in [0.15, 0.2) is 54.0 Å². The minimum absolute atomic E-state index is 0.127. The highest BCUT2D eigenvalue weighted by Crippen LogP contribution is 2.28. The van der Waals surface area contributed by atoms with Gasteiger partial charge in [0.25, 0.3) is 5.91 Å². The second-order valence-corrected chi connectivity index (χ2v) is 5.27. The van der Waals surface area contributed by atoms with Crippen LogP contribution in [-0.2, 0) is 7.05 Å². The van der Waals surface area contributed by atoms with Crippen molar-refractivity contribution in [1.29, 1.82) is 0 Å². The summed E-state index contributed by atoms with van der Waals surface area (Å²) in [5, 5.41) is 8.89. The van der Waals surface area contributed by atoms with E-state index in [1.165, 1.54) is 11.3 Å². The molecule has 0 fully saturated rings. The Bertz CT molecular complexity index is 730. The summed E-state index contributed by atoms with van der Waals surface area (Å²) in [5.41, 5.74) is 1.99. The number of anilines is 1. The number of benzene rings is 1. The van der Waals surface area contributed by atoms with E-state index in [-0.39, 0.29) is 5.91 Å². The van der Waals surface area contributed by atoms with Crippen LogP contribution in [0.4, 0.5) is 5.82 Å². The predicted octanol–water partition coefficient (Wildman–Crippen LogP) is 3.40. The first-order valence-corrected chi connectivity index (χ1v) is 7.06. The van der Waals surface area contributed by atoms with E-state index in [1.54, 1.807) is 16.9 Å². The summed E-state index contributed by atoms with van der Waals surface area (Å²) in [6, 6.07) is 13.6. The maximum Gasteiger partial charge on any atom is 0.267 e.